The molecule has 0 saturated heterocycles. The summed E-state index contributed by atoms with van der Waals surface area (Å²) in [5, 5.41) is 4.62. The number of thioether (sulfide) groups is 1. The van der Waals surface area contributed by atoms with Gasteiger partial charge in [-0.25, -0.2) is 0 Å². The summed E-state index contributed by atoms with van der Waals surface area (Å²) in [6, 6.07) is 20.5. The van der Waals surface area contributed by atoms with E-state index in [1.165, 1.54) is 12.1 Å². The van der Waals surface area contributed by atoms with Gasteiger partial charge in [-0.1, -0.05) is 54.2 Å². The molecule has 0 unspecified atom stereocenters. The van der Waals surface area contributed by atoms with E-state index in [1.807, 2.05) is 18.2 Å². The van der Waals surface area contributed by atoms with E-state index in [9.17, 15) is 22.8 Å². The fraction of sp³-hybridized carbons (Fsp3) is 0.138. The Balaban J connectivity index is 1.55. The number of ether oxygens (including phenoxy) is 2. The summed E-state index contributed by atoms with van der Waals surface area (Å²) in [6.45, 7) is 5.79. The number of nitrogens with one attached hydrogen (secondary N) is 2. The van der Waals surface area contributed by atoms with Crippen molar-refractivity contribution < 1.29 is 32.2 Å². The number of aliphatic imine (C=N–C) groups is 1. The number of carbonyl (C=O) groups is 2. The average Bonchev–Trinajstić information content (AvgIpc) is 3.25. The molecule has 0 saturated carbocycles. The van der Waals surface area contributed by atoms with E-state index in [0.29, 0.717) is 17.2 Å². The minimum absolute atomic E-state index is 0.0241. The van der Waals surface area contributed by atoms with Crippen molar-refractivity contribution >= 4 is 40.0 Å². The van der Waals surface area contributed by atoms with Gasteiger partial charge < -0.3 is 25.8 Å². The Kier molecular flexibility index (Phi) is 9.03. The van der Waals surface area contributed by atoms with Crippen LogP contribution in [0.1, 0.15) is 6.92 Å². The third kappa shape index (κ3) is 7.92. The van der Waals surface area contributed by atoms with Gasteiger partial charge in [0.15, 0.2) is 5.75 Å². The SMILES string of the molecule is C=C(C)CN=C1S[C@@H](C(=O)Nc2ccc(OC(F)(F)F)cc2)C(N)=C1C(=O)Nc1ccccc1Oc1ccccc1. The maximum Gasteiger partial charge on any atom is 0.573 e. The highest BCUT2D eigenvalue weighted by Gasteiger charge is 2.38. The quantitative estimate of drug-likeness (QED) is 0.257. The van der Waals surface area contributed by atoms with Crippen molar-refractivity contribution in [1.29, 1.82) is 0 Å². The van der Waals surface area contributed by atoms with E-state index < -0.39 is 29.2 Å². The first-order valence-electron chi connectivity index (χ1n) is 12.2. The summed E-state index contributed by atoms with van der Waals surface area (Å²) in [4.78, 5) is 31.1. The molecule has 1 aliphatic rings. The number of hydrogen-bond acceptors (Lipinski definition) is 7. The first-order chi connectivity index (χ1) is 19.5. The summed E-state index contributed by atoms with van der Waals surface area (Å²) >= 11 is 0.985. The van der Waals surface area contributed by atoms with Crippen LogP contribution in [0, 0.1) is 0 Å². The maximum atomic E-state index is 13.5. The van der Waals surface area contributed by atoms with E-state index in [2.05, 4.69) is 26.9 Å². The molecule has 0 spiro atoms. The molecule has 3 aromatic rings. The Bertz CT molecular complexity index is 1510. The molecule has 2 amide bonds. The van der Waals surface area contributed by atoms with Crippen LogP contribution in [0.2, 0.25) is 0 Å². The second-order valence-corrected chi connectivity index (χ2v) is 9.93. The minimum Gasteiger partial charge on any atom is -0.455 e. The van der Waals surface area contributed by atoms with Crippen LogP contribution >= 0.6 is 11.8 Å². The van der Waals surface area contributed by atoms with Crippen LogP contribution in [0.15, 0.2) is 107 Å². The standard InChI is InChI=1S/C29H25F3N4O4S/c1-17(2)16-34-28-23(26(37)36-21-10-6-7-11-22(21)39-19-8-4-3-5-9-19)24(33)25(41-28)27(38)35-18-12-14-20(15-13-18)40-29(30,31)32/h3-15,25H,1,16,33H2,2H3,(H,35,38)(H,36,37)/t25-/m1/s1. The highest BCUT2D eigenvalue weighted by atomic mass is 32.2. The van der Waals surface area contributed by atoms with E-state index in [1.54, 1.807) is 43.3 Å². The molecule has 3 aromatic carbocycles. The van der Waals surface area contributed by atoms with Crippen molar-refractivity contribution in [1.82, 2.24) is 0 Å². The molecule has 12 heteroatoms. The minimum atomic E-state index is -4.84. The van der Waals surface area contributed by atoms with Gasteiger partial charge in [-0.05, 0) is 55.5 Å². The molecule has 212 valence electrons. The molecular weight excluding hydrogens is 557 g/mol. The largest absolute Gasteiger partial charge is 0.573 e. The Labute approximate surface area is 238 Å². The highest BCUT2D eigenvalue weighted by molar-refractivity contribution is 8.16. The molecule has 1 atom stereocenters. The lowest BCUT2D eigenvalue weighted by atomic mass is 10.1. The van der Waals surface area contributed by atoms with Crippen LogP contribution in [-0.4, -0.2) is 35.0 Å². The number of rotatable bonds is 9. The second kappa shape index (κ2) is 12.6. The number of anilines is 2. The van der Waals surface area contributed by atoms with Crippen LogP contribution in [0.25, 0.3) is 0 Å². The number of nitrogens with two attached hydrogens (primary N) is 1. The van der Waals surface area contributed by atoms with Gasteiger partial charge in [-0.3, -0.25) is 14.6 Å². The van der Waals surface area contributed by atoms with Crippen molar-refractivity contribution in [3.63, 3.8) is 0 Å². The molecule has 4 N–H and O–H groups in total. The molecule has 0 radical (unpaired) electrons. The number of nitrogens with zero attached hydrogens (tertiary/aromatic N) is 1. The maximum absolute atomic E-state index is 13.5. The third-order valence-corrected chi connectivity index (χ3v) is 6.69. The molecule has 0 aromatic heterocycles. The van der Waals surface area contributed by atoms with Gasteiger partial charge in [0.05, 0.1) is 17.8 Å². The predicted octanol–water partition coefficient (Wildman–Crippen LogP) is 6.26. The van der Waals surface area contributed by atoms with Crippen molar-refractivity contribution in [2.75, 3.05) is 17.2 Å². The fourth-order valence-corrected chi connectivity index (χ4v) is 4.74. The number of para-hydroxylation sites is 3. The van der Waals surface area contributed by atoms with E-state index in [0.717, 1.165) is 29.5 Å². The number of amides is 2. The summed E-state index contributed by atoms with van der Waals surface area (Å²) < 4.78 is 47.1. The fourth-order valence-electron chi connectivity index (χ4n) is 3.64. The molecule has 4 rings (SSSR count). The smallest absolute Gasteiger partial charge is 0.455 e. The molecule has 1 aliphatic heterocycles. The zero-order valence-electron chi connectivity index (χ0n) is 21.7. The number of benzene rings is 3. The summed E-state index contributed by atoms with van der Waals surface area (Å²) in [5.74, 6) is -0.652. The molecule has 0 bridgehead atoms. The van der Waals surface area contributed by atoms with Gasteiger partial charge in [-0.2, -0.15) is 0 Å². The molecule has 0 fully saturated rings. The number of halogens is 3. The van der Waals surface area contributed by atoms with Gasteiger partial charge in [0.1, 0.15) is 21.8 Å². The van der Waals surface area contributed by atoms with Crippen LogP contribution in [-0.2, 0) is 9.59 Å². The van der Waals surface area contributed by atoms with E-state index in [4.69, 9.17) is 10.5 Å². The molecule has 8 nitrogen and oxygen atoms in total. The summed E-state index contributed by atoms with van der Waals surface area (Å²) in [7, 11) is 0. The van der Waals surface area contributed by atoms with Gasteiger partial charge in [0.25, 0.3) is 5.91 Å². The topological polar surface area (TPSA) is 115 Å². The summed E-state index contributed by atoms with van der Waals surface area (Å²) in [5.41, 5.74) is 7.66. The van der Waals surface area contributed by atoms with Crippen molar-refractivity contribution in [2.24, 2.45) is 10.7 Å². The van der Waals surface area contributed by atoms with Crippen LogP contribution in [0.3, 0.4) is 0 Å². The molecular formula is C29H25F3N4O4S. The Morgan fingerprint density at radius 2 is 1.63 bits per heavy atom. The van der Waals surface area contributed by atoms with Gasteiger partial charge in [-0.15, -0.1) is 13.2 Å². The zero-order valence-corrected chi connectivity index (χ0v) is 22.5. The summed E-state index contributed by atoms with van der Waals surface area (Å²) in [6.07, 6.45) is -4.84. The van der Waals surface area contributed by atoms with Gasteiger partial charge in [0.2, 0.25) is 5.91 Å². The van der Waals surface area contributed by atoms with E-state index in [-0.39, 0.29) is 28.5 Å². The Morgan fingerprint density at radius 3 is 2.29 bits per heavy atom. The first kappa shape index (κ1) is 29.3. The predicted molar refractivity (Wildman–Crippen MR) is 153 cm³/mol. The lowest BCUT2D eigenvalue weighted by molar-refractivity contribution is -0.274. The van der Waals surface area contributed by atoms with Crippen LogP contribution in [0.4, 0.5) is 24.5 Å². The molecule has 1 heterocycles. The molecule has 0 aliphatic carbocycles. The zero-order chi connectivity index (χ0) is 29.6. The molecule has 41 heavy (non-hydrogen) atoms. The lowest BCUT2D eigenvalue weighted by Crippen LogP contribution is -2.29. The highest BCUT2D eigenvalue weighted by Crippen LogP contribution is 2.36. The monoisotopic (exact) mass is 582 g/mol. The Morgan fingerprint density at radius 1 is 0.976 bits per heavy atom. The Hall–Kier alpha value is -4.71. The average molecular weight is 583 g/mol. The number of hydrogen-bond donors (Lipinski definition) is 3. The normalized spacial score (nSPS) is 15.9. The van der Waals surface area contributed by atoms with Crippen molar-refractivity contribution in [2.45, 2.75) is 18.5 Å². The van der Waals surface area contributed by atoms with Crippen molar-refractivity contribution in [3.8, 4) is 17.2 Å². The van der Waals surface area contributed by atoms with Gasteiger partial charge >= 0.3 is 6.36 Å². The third-order valence-electron chi connectivity index (χ3n) is 5.43. The van der Waals surface area contributed by atoms with Crippen LogP contribution in [0.5, 0.6) is 17.2 Å². The second-order valence-electron chi connectivity index (χ2n) is 8.83. The van der Waals surface area contributed by atoms with Gasteiger partial charge in [0, 0.05) is 11.4 Å². The number of carbonyl (C=O) groups excluding carboxylic acids is 2. The number of alkyl halides is 3. The van der Waals surface area contributed by atoms with Crippen molar-refractivity contribution in [3.05, 3.63) is 102 Å². The first-order valence-corrected chi connectivity index (χ1v) is 13.0. The van der Waals surface area contributed by atoms with E-state index >= 15 is 0 Å². The lowest BCUT2D eigenvalue weighted by Gasteiger charge is -2.13. The van der Waals surface area contributed by atoms with Crippen LogP contribution < -0.4 is 25.8 Å².